The lowest BCUT2D eigenvalue weighted by Gasteiger charge is -2.20. The van der Waals surface area contributed by atoms with Crippen molar-refractivity contribution in [1.82, 2.24) is 4.90 Å². The van der Waals surface area contributed by atoms with Crippen molar-refractivity contribution in [3.05, 3.63) is 28.8 Å². The van der Waals surface area contributed by atoms with E-state index < -0.39 is 18.2 Å². The smallest absolute Gasteiger partial charge is 0.422 e. The van der Waals surface area contributed by atoms with Gasteiger partial charge in [-0.3, -0.25) is 4.79 Å². The minimum atomic E-state index is -4.37. The Morgan fingerprint density at radius 2 is 1.82 bits per heavy atom. The molecule has 7 heteroatoms. The Morgan fingerprint density at radius 3 is 2.23 bits per heavy atom. The molecule has 1 aromatic carbocycles. The molecule has 1 amide bonds. The number of rotatable bonds is 5. The quantitative estimate of drug-likeness (QED) is 0.764. The van der Waals surface area contributed by atoms with Crippen LogP contribution in [-0.2, 0) is 11.3 Å². The Morgan fingerprint density at radius 1 is 1.32 bits per heavy atom. The lowest BCUT2D eigenvalue weighted by Crippen LogP contribution is -2.31. The summed E-state index contributed by atoms with van der Waals surface area (Å²) in [5.74, 6) is 0.00939. The fraction of sp³-hybridized carbons (Fsp3) is 0.533. The molecule has 124 valence electrons. The lowest BCUT2D eigenvalue weighted by molar-refractivity contribution is -0.153. The van der Waals surface area contributed by atoms with Crippen LogP contribution in [0.4, 0.5) is 13.2 Å². The summed E-state index contributed by atoms with van der Waals surface area (Å²) in [6, 6.07) is 3.42. The number of hydrogen-bond donors (Lipinski definition) is 0. The first kappa shape index (κ1) is 18.6. The average Bonchev–Trinajstić information content (AvgIpc) is 2.35. The number of benzene rings is 1. The van der Waals surface area contributed by atoms with Crippen LogP contribution in [0.5, 0.6) is 5.75 Å². The number of alkyl halides is 4. The zero-order chi connectivity index (χ0) is 17.1. The van der Waals surface area contributed by atoms with Crippen LogP contribution in [0.15, 0.2) is 12.1 Å². The Bertz CT molecular complexity index is 521. The predicted molar refractivity (Wildman–Crippen MR) is 79.3 cm³/mol. The highest BCUT2D eigenvalue weighted by atomic mass is 35.5. The molecule has 1 unspecified atom stereocenters. The van der Waals surface area contributed by atoms with E-state index >= 15 is 0 Å². The topological polar surface area (TPSA) is 29.5 Å². The summed E-state index contributed by atoms with van der Waals surface area (Å²) < 4.78 is 41.6. The molecule has 0 N–H and O–H groups in total. The van der Waals surface area contributed by atoms with Crippen molar-refractivity contribution < 1.29 is 22.7 Å². The van der Waals surface area contributed by atoms with E-state index in [1.807, 2.05) is 0 Å². The fourth-order valence-corrected chi connectivity index (χ4v) is 2.33. The van der Waals surface area contributed by atoms with Crippen LogP contribution in [0.2, 0.25) is 0 Å². The minimum absolute atomic E-state index is 0.214. The molecular weight excluding hydrogens is 319 g/mol. The Hall–Kier alpha value is -1.43. The van der Waals surface area contributed by atoms with Gasteiger partial charge in [-0.1, -0.05) is 12.1 Å². The molecule has 1 rings (SSSR count). The molecule has 0 aliphatic carbocycles. The van der Waals surface area contributed by atoms with Gasteiger partial charge in [0.15, 0.2) is 6.61 Å². The van der Waals surface area contributed by atoms with Gasteiger partial charge in [0.1, 0.15) is 11.1 Å². The third-order valence-electron chi connectivity index (χ3n) is 3.04. The van der Waals surface area contributed by atoms with Crippen LogP contribution in [0, 0.1) is 13.8 Å². The molecule has 0 aliphatic heterocycles. The summed E-state index contributed by atoms with van der Waals surface area (Å²) in [6.07, 6.45) is -4.37. The van der Waals surface area contributed by atoms with Crippen LogP contribution in [0.1, 0.15) is 23.6 Å². The van der Waals surface area contributed by atoms with Gasteiger partial charge in [-0.15, -0.1) is 11.6 Å². The van der Waals surface area contributed by atoms with E-state index in [-0.39, 0.29) is 11.7 Å². The summed E-state index contributed by atoms with van der Waals surface area (Å²) in [5, 5.41) is -0.624. The first-order chi connectivity index (χ1) is 10.0. The molecule has 0 aliphatic rings. The van der Waals surface area contributed by atoms with Crippen LogP contribution >= 0.6 is 11.6 Å². The molecule has 0 heterocycles. The van der Waals surface area contributed by atoms with Crippen molar-refractivity contribution in [1.29, 1.82) is 0 Å². The molecule has 3 nitrogen and oxygen atoms in total. The molecule has 0 fully saturated rings. The summed E-state index contributed by atoms with van der Waals surface area (Å²) in [4.78, 5) is 13.2. The zero-order valence-corrected chi connectivity index (χ0v) is 13.7. The number of ether oxygens (including phenoxy) is 1. The summed E-state index contributed by atoms with van der Waals surface area (Å²) >= 11 is 5.74. The third kappa shape index (κ3) is 5.40. The van der Waals surface area contributed by atoms with Gasteiger partial charge in [0, 0.05) is 13.6 Å². The van der Waals surface area contributed by atoms with Gasteiger partial charge in [0.2, 0.25) is 5.91 Å². The van der Waals surface area contributed by atoms with Gasteiger partial charge in [-0.2, -0.15) is 13.2 Å². The van der Waals surface area contributed by atoms with Crippen molar-refractivity contribution >= 4 is 17.5 Å². The van der Waals surface area contributed by atoms with Gasteiger partial charge in [-0.25, -0.2) is 0 Å². The molecule has 0 aromatic heterocycles. The van der Waals surface area contributed by atoms with Gasteiger partial charge in [0.05, 0.1) is 0 Å². The van der Waals surface area contributed by atoms with E-state index in [0.717, 1.165) is 5.56 Å². The van der Waals surface area contributed by atoms with E-state index in [1.165, 1.54) is 4.90 Å². The summed E-state index contributed by atoms with van der Waals surface area (Å²) in [7, 11) is 1.62. The van der Waals surface area contributed by atoms with Crippen LogP contribution < -0.4 is 4.74 Å². The molecular formula is C15H19ClF3NO2. The minimum Gasteiger partial charge on any atom is -0.484 e. The summed E-state index contributed by atoms with van der Waals surface area (Å²) in [5.41, 5.74) is 2.00. The van der Waals surface area contributed by atoms with Crippen molar-refractivity contribution in [2.24, 2.45) is 0 Å². The number of hydrogen-bond acceptors (Lipinski definition) is 2. The zero-order valence-electron chi connectivity index (χ0n) is 12.9. The maximum Gasteiger partial charge on any atom is 0.422 e. The van der Waals surface area contributed by atoms with Crippen molar-refractivity contribution in [3.63, 3.8) is 0 Å². The lowest BCUT2D eigenvalue weighted by atomic mass is 10.1. The van der Waals surface area contributed by atoms with E-state index in [2.05, 4.69) is 0 Å². The van der Waals surface area contributed by atoms with Gasteiger partial charge >= 0.3 is 6.18 Å². The normalized spacial score (nSPS) is 12.9. The van der Waals surface area contributed by atoms with Crippen molar-refractivity contribution in [3.8, 4) is 5.75 Å². The number of amides is 1. The highest BCUT2D eigenvalue weighted by Crippen LogP contribution is 2.27. The second-order valence-electron chi connectivity index (χ2n) is 5.27. The second-order valence-corrected chi connectivity index (χ2v) is 5.93. The highest BCUT2D eigenvalue weighted by Gasteiger charge is 2.29. The Labute approximate surface area is 133 Å². The Kier molecular flexibility index (Phi) is 6.11. The highest BCUT2D eigenvalue weighted by molar-refractivity contribution is 6.30. The predicted octanol–water partition coefficient (Wildman–Crippen LogP) is 3.83. The molecule has 22 heavy (non-hydrogen) atoms. The fourth-order valence-electron chi connectivity index (χ4n) is 2.17. The molecule has 0 saturated heterocycles. The average molecular weight is 338 g/mol. The first-order valence-corrected chi connectivity index (χ1v) is 7.13. The van der Waals surface area contributed by atoms with E-state index in [4.69, 9.17) is 16.3 Å². The van der Waals surface area contributed by atoms with Gasteiger partial charge in [-0.05, 0) is 37.5 Å². The standard InChI is InChI=1S/C15H19ClF3NO2/c1-9-5-12(7-20(4)14(21)11(3)16)6-10(2)13(9)22-8-15(17,18)19/h5-6,11H,7-8H2,1-4H3. The van der Waals surface area contributed by atoms with Crippen LogP contribution in [0.3, 0.4) is 0 Å². The van der Waals surface area contributed by atoms with E-state index in [0.29, 0.717) is 17.7 Å². The molecule has 0 bridgehead atoms. The van der Waals surface area contributed by atoms with Gasteiger partial charge in [0.25, 0.3) is 0 Å². The first-order valence-electron chi connectivity index (χ1n) is 6.70. The SMILES string of the molecule is Cc1cc(CN(C)C(=O)C(C)Cl)cc(C)c1OCC(F)(F)F. The molecule has 0 spiro atoms. The molecule has 1 atom stereocenters. The number of nitrogens with zero attached hydrogens (tertiary/aromatic N) is 1. The van der Waals surface area contributed by atoms with Gasteiger partial charge < -0.3 is 9.64 Å². The van der Waals surface area contributed by atoms with Crippen LogP contribution in [-0.4, -0.2) is 36.0 Å². The Balaban J connectivity index is 2.87. The van der Waals surface area contributed by atoms with Crippen molar-refractivity contribution in [2.45, 2.75) is 38.9 Å². The number of aryl methyl sites for hydroxylation is 2. The van der Waals surface area contributed by atoms with Crippen LogP contribution in [0.25, 0.3) is 0 Å². The second kappa shape index (κ2) is 7.22. The maximum atomic E-state index is 12.2. The van der Waals surface area contributed by atoms with E-state index in [1.54, 1.807) is 40.0 Å². The summed E-state index contributed by atoms with van der Waals surface area (Å²) in [6.45, 7) is 3.95. The number of carbonyl (C=O) groups excluding carboxylic acids is 1. The molecule has 0 radical (unpaired) electrons. The molecule has 0 saturated carbocycles. The monoisotopic (exact) mass is 337 g/mol. The third-order valence-corrected chi connectivity index (χ3v) is 3.22. The molecule has 1 aromatic rings. The maximum absolute atomic E-state index is 12.2. The number of halogens is 4. The largest absolute Gasteiger partial charge is 0.484 e. The number of carbonyl (C=O) groups is 1. The van der Waals surface area contributed by atoms with Crippen molar-refractivity contribution in [2.75, 3.05) is 13.7 Å². The van der Waals surface area contributed by atoms with E-state index in [9.17, 15) is 18.0 Å².